The minimum absolute atomic E-state index is 0.0191. The van der Waals surface area contributed by atoms with Crippen molar-refractivity contribution in [1.82, 2.24) is 0 Å². The number of isocyanates is 1. The van der Waals surface area contributed by atoms with E-state index in [0.29, 0.717) is 23.0 Å². The predicted octanol–water partition coefficient (Wildman–Crippen LogP) is 1.78. The number of aldehydes is 1. The van der Waals surface area contributed by atoms with Gasteiger partial charge in [-0.15, -0.1) is 0 Å². The standard InChI is InChI=1S/C10H8FNO2/c1-7-2-9(5-13)8(3-10(7)11)4-12-6-14/h2-3,5H,4H2,1H3. The Morgan fingerprint density at radius 1 is 1.57 bits per heavy atom. The molecule has 0 atom stereocenters. The van der Waals surface area contributed by atoms with Gasteiger partial charge in [0.2, 0.25) is 6.08 Å². The van der Waals surface area contributed by atoms with Crippen molar-refractivity contribution in [3.05, 3.63) is 34.6 Å². The Morgan fingerprint density at radius 3 is 2.86 bits per heavy atom. The molecule has 0 aliphatic carbocycles. The molecule has 0 heterocycles. The van der Waals surface area contributed by atoms with Crippen molar-refractivity contribution in [3.8, 4) is 0 Å². The summed E-state index contributed by atoms with van der Waals surface area (Å²) in [5.41, 5.74) is 1.14. The molecule has 0 N–H and O–H groups in total. The number of halogens is 1. The zero-order valence-corrected chi connectivity index (χ0v) is 7.58. The second-order valence-corrected chi connectivity index (χ2v) is 2.83. The Labute approximate surface area is 80.3 Å². The molecule has 72 valence electrons. The first-order chi connectivity index (χ1) is 6.69. The molecule has 1 aromatic rings. The third-order valence-corrected chi connectivity index (χ3v) is 1.86. The van der Waals surface area contributed by atoms with Crippen molar-refractivity contribution in [3.63, 3.8) is 0 Å². The third-order valence-electron chi connectivity index (χ3n) is 1.86. The van der Waals surface area contributed by atoms with E-state index in [-0.39, 0.29) is 6.54 Å². The first kappa shape index (κ1) is 10.3. The molecular formula is C10H8FNO2. The highest BCUT2D eigenvalue weighted by molar-refractivity contribution is 5.77. The Morgan fingerprint density at radius 2 is 2.29 bits per heavy atom. The summed E-state index contributed by atoms with van der Waals surface area (Å²) in [5, 5.41) is 0. The smallest absolute Gasteiger partial charge is 0.235 e. The molecule has 0 unspecified atom stereocenters. The average Bonchev–Trinajstić information content (AvgIpc) is 2.19. The summed E-state index contributed by atoms with van der Waals surface area (Å²) in [6, 6.07) is 2.64. The van der Waals surface area contributed by atoms with Crippen LogP contribution in [0.2, 0.25) is 0 Å². The highest BCUT2D eigenvalue weighted by atomic mass is 19.1. The number of benzene rings is 1. The molecule has 3 nitrogen and oxygen atoms in total. The number of carbonyl (C=O) groups is 1. The van der Waals surface area contributed by atoms with E-state index in [1.165, 1.54) is 18.2 Å². The van der Waals surface area contributed by atoms with Gasteiger partial charge in [0, 0.05) is 5.56 Å². The lowest BCUT2D eigenvalue weighted by Crippen LogP contribution is -1.95. The molecule has 0 aromatic heterocycles. The maximum atomic E-state index is 13.1. The van der Waals surface area contributed by atoms with Gasteiger partial charge in [0.05, 0.1) is 6.54 Å². The molecule has 4 heteroatoms. The molecular weight excluding hydrogens is 185 g/mol. The summed E-state index contributed by atoms with van der Waals surface area (Å²) in [4.78, 5) is 23.7. The lowest BCUT2D eigenvalue weighted by Gasteiger charge is -2.03. The fourth-order valence-electron chi connectivity index (χ4n) is 1.11. The Bertz CT molecular complexity index is 409. The lowest BCUT2D eigenvalue weighted by molar-refractivity contribution is 0.112. The summed E-state index contributed by atoms with van der Waals surface area (Å²) < 4.78 is 13.1. The maximum Gasteiger partial charge on any atom is 0.235 e. The Hall–Kier alpha value is -1.80. The normalized spacial score (nSPS) is 9.29. The molecule has 1 aromatic carbocycles. The molecule has 0 saturated heterocycles. The monoisotopic (exact) mass is 193 g/mol. The highest BCUT2D eigenvalue weighted by Gasteiger charge is 2.05. The summed E-state index contributed by atoms with van der Waals surface area (Å²) in [6.07, 6.45) is 1.95. The van der Waals surface area contributed by atoms with E-state index in [2.05, 4.69) is 4.99 Å². The number of hydrogen-bond donors (Lipinski definition) is 0. The molecule has 1 rings (SSSR count). The first-order valence-electron chi connectivity index (χ1n) is 3.97. The topological polar surface area (TPSA) is 46.5 Å². The highest BCUT2D eigenvalue weighted by Crippen LogP contribution is 2.14. The fourth-order valence-corrected chi connectivity index (χ4v) is 1.11. The molecule has 0 saturated carbocycles. The zero-order valence-electron chi connectivity index (χ0n) is 7.58. The summed E-state index contributed by atoms with van der Waals surface area (Å²) >= 11 is 0. The van der Waals surface area contributed by atoms with Crippen molar-refractivity contribution < 1.29 is 14.0 Å². The number of aliphatic imine (C=N–C) groups is 1. The van der Waals surface area contributed by atoms with Crippen molar-refractivity contribution in [2.24, 2.45) is 4.99 Å². The largest absolute Gasteiger partial charge is 0.298 e. The molecule has 0 fully saturated rings. The molecule has 0 bridgehead atoms. The zero-order chi connectivity index (χ0) is 10.6. The van der Waals surface area contributed by atoms with E-state index in [1.807, 2.05) is 0 Å². The van der Waals surface area contributed by atoms with Crippen LogP contribution < -0.4 is 0 Å². The van der Waals surface area contributed by atoms with E-state index >= 15 is 0 Å². The SMILES string of the molecule is Cc1cc(C=O)c(CN=C=O)cc1F. The maximum absolute atomic E-state index is 13.1. The molecule has 0 spiro atoms. The van der Waals surface area contributed by atoms with Gasteiger partial charge in [0.25, 0.3) is 0 Å². The van der Waals surface area contributed by atoms with Gasteiger partial charge >= 0.3 is 0 Å². The van der Waals surface area contributed by atoms with Gasteiger partial charge in [0.1, 0.15) is 12.1 Å². The number of nitrogens with zero attached hydrogens (tertiary/aromatic N) is 1. The number of rotatable bonds is 3. The van der Waals surface area contributed by atoms with Crippen molar-refractivity contribution >= 4 is 12.4 Å². The van der Waals surface area contributed by atoms with Crippen LogP contribution in [0.3, 0.4) is 0 Å². The van der Waals surface area contributed by atoms with E-state index < -0.39 is 5.82 Å². The van der Waals surface area contributed by atoms with Crippen LogP contribution >= 0.6 is 0 Å². The van der Waals surface area contributed by atoms with E-state index in [4.69, 9.17) is 0 Å². The van der Waals surface area contributed by atoms with Gasteiger partial charge in [-0.25, -0.2) is 14.2 Å². The van der Waals surface area contributed by atoms with Crippen LogP contribution in [0.5, 0.6) is 0 Å². The Kier molecular flexibility index (Phi) is 3.26. The van der Waals surface area contributed by atoms with Crippen molar-refractivity contribution in [2.75, 3.05) is 0 Å². The fraction of sp³-hybridized carbons (Fsp3) is 0.200. The lowest BCUT2D eigenvalue weighted by atomic mass is 10.1. The number of aryl methyl sites for hydroxylation is 1. The molecule has 14 heavy (non-hydrogen) atoms. The third kappa shape index (κ3) is 2.12. The average molecular weight is 193 g/mol. The van der Waals surface area contributed by atoms with E-state index in [1.54, 1.807) is 6.92 Å². The number of hydrogen-bond acceptors (Lipinski definition) is 3. The minimum Gasteiger partial charge on any atom is -0.298 e. The quantitative estimate of drug-likeness (QED) is 0.417. The molecule has 0 aliphatic rings. The van der Waals surface area contributed by atoms with Crippen LogP contribution in [-0.4, -0.2) is 12.4 Å². The van der Waals surface area contributed by atoms with Gasteiger partial charge in [-0.3, -0.25) is 4.79 Å². The minimum atomic E-state index is -0.410. The van der Waals surface area contributed by atoms with Gasteiger partial charge in [-0.2, -0.15) is 0 Å². The Balaban J connectivity index is 3.19. The summed E-state index contributed by atoms with van der Waals surface area (Å²) in [6.45, 7) is 1.55. The van der Waals surface area contributed by atoms with Gasteiger partial charge < -0.3 is 0 Å². The number of carbonyl (C=O) groups excluding carboxylic acids is 2. The molecule has 0 radical (unpaired) electrons. The molecule has 0 aliphatic heterocycles. The second kappa shape index (κ2) is 4.44. The van der Waals surface area contributed by atoms with E-state index in [9.17, 15) is 14.0 Å². The van der Waals surface area contributed by atoms with Crippen LogP contribution in [0, 0.1) is 12.7 Å². The van der Waals surface area contributed by atoms with E-state index in [0.717, 1.165) is 0 Å². The van der Waals surface area contributed by atoms with Gasteiger partial charge in [-0.05, 0) is 30.2 Å². The molecule has 0 amide bonds. The van der Waals surface area contributed by atoms with Gasteiger partial charge in [0.15, 0.2) is 0 Å². The summed E-state index contributed by atoms with van der Waals surface area (Å²) in [5.74, 6) is -0.410. The van der Waals surface area contributed by atoms with Crippen LogP contribution in [0.25, 0.3) is 0 Å². The van der Waals surface area contributed by atoms with Crippen molar-refractivity contribution in [1.29, 1.82) is 0 Å². The first-order valence-corrected chi connectivity index (χ1v) is 3.97. The van der Waals surface area contributed by atoms with Crippen LogP contribution in [0.1, 0.15) is 21.5 Å². The van der Waals surface area contributed by atoms with Crippen molar-refractivity contribution in [2.45, 2.75) is 13.5 Å². The van der Waals surface area contributed by atoms with Crippen LogP contribution in [-0.2, 0) is 11.3 Å². The van der Waals surface area contributed by atoms with Gasteiger partial charge in [-0.1, -0.05) is 0 Å². The van der Waals surface area contributed by atoms with Crippen LogP contribution in [0.4, 0.5) is 4.39 Å². The summed E-state index contributed by atoms with van der Waals surface area (Å²) in [7, 11) is 0. The predicted molar refractivity (Wildman–Crippen MR) is 48.4 cm³/mol. The van der Waals surface area contributed by atoms with Crippen LogP contribution in [0.15, 0.2) is 17.1 Å². The second-order valence-electron chi connectivity index (χ2n) is 2.83.